The van der Waals surface area contributed by atoms with Gasteiger partial charge in [0, 0.05) is 12.1 Å². The molecule has 1 saturated heterocycles. The van der Waals surface area contributed by atoms with Gasteiger partial charge in [0.25, 0.3) is 0 Å². The van der Waals surface area contributed by atoms with Gasteiger partial charge in [-0.1, -0.05) is 0 Å². The average molecular weight is 472 g/mol. The van der Waals surface area contributed by atoms with Crippen LogP contribution in [-0.2, 0) is 28.5 Å². The highest BCUT2D eigenvalue weighted by Crippen LogP contribution is 2.22. The fourth-order valence-electron chi connectivity index (χ4n) is 3.08. The summed E-state index contributed by atoms with van der Waals surface area (Å²) in [5, 5.41) is 42.1. The van der Waals surface area contributed by atoms with Crippen LogP contribution in [0.3, 0.4) is 0 Å². The predicted octanol–water partition coefficient (Wildman–Crippen LogP) is -1.63. The lowest BCUT2D eigenvalue weighted by Gasteiger charge is -2.40. The molecule has 7 N–H and O–H groups in total. The van der Waals surface area contributed by atoms with E-state index in [2.05, 4.69) is 5.32 Å². The van der Waals surface area contributed by atoms with Gasteiger partial charge in [0.15, 0.2) is 6.29 Å². The van der Waals surface area contributed by atoms with Gasteiger partial charge < -0.3 is 50.4 Å². The Morgan fingerprint density at radius 1 is 1.06 bits per heavy atom. The molecule has 0 saturated carbocycles. The molecule has 0 radical (unpaired) electrons. The van der Waals surface area contributed by atoms with Crippen LogP contribution < -0.4 is 11.1 Å². The molecule has 13 nitrogen and oxygen atoms in total. The van der Waals surface area contributed by atoms with E-state index in [1.807, 2.05) is 0 Å². The summed E-state index contributed by atoms with van der Waals surface area (Å²) in [7, 11) is 1.49. The molecule has 1 fully saturated rings. The zero-order valence-corrected chi connectivity index (χ0v) is 17.9. The first-order chi connectivity index (χ1) is 15.6. The molecule has 184 valence electrons. The largest absolute Gasteiger partial charge is 0.507 e. The smallest absolute Gasteiger partial charge is 0.344 e. The highest BCUT2D eigenvalue weighted by atomic mass is 16.7. The van der Waals surface area contributed by atoms with Crippen LogP contribution in [0.5, 0.6) is 5.75 Å². The number of hydrogen-bond donors (Lipinski definition) is 6. The summed E-state index contributed by atoms with van der Waals surface area (Å²) >= 11 is 0. The molecule has 1 aromatic carbocycles. The Hall–Kier alpha value is -2.97. The van der Waals surface area contributed by atoms with E-state index in [0.717, 1.165) is 0 Å². The molecular weight excluding hydrogens is 444 g/mol. The van der Waals surface area contributed by atoms with Crippen LogP contribution in [0.25, 0.3) is 0 Å². The minimum Gasteiger partial charge on any atom is -0.507 e. The normalized spacial score (nSPS) is 24.7. The molecule has 0 spiro atoms. The summed E-state index contributed by atoms with van der Waals surface area (Å²) in [4.78, 5) is 35.3. The molecule has 1 aromatic rings. The third-order valence-electron chi connectivity index (χ3n) is 4.90. The molecule has 33 heavy (non-hydrogen) atoms. The van der Waals surface area contributed by atoms with E-state index >= 15 is 0 Å². The zero-order chi connectivity index (χ0) is 24.5. The number of phenolic OH excluding ortho intramolecular Hbond substituents is 1. The first-order valence-corrected chi connectivity index (χ1v) is 10.1. The van der Waals surface area contributed by atoms with E-state index in [4.69, 9.17) is 24.7 Å². The van der Waals surface area contributed by atoms with Crippen molar-refractivity contribution < 1.29 is 53.8 Å². The van der Waals surface area contributed by atoms with Crippen molar-refractivity contribution in [1.29, 1.82) is 0 Å². The van der Waals surface area contributed by atoms with Gasteiger partial charge in [-0.05, 0) is 25.2 Å². The number of benzene rings is 1. The molecule has 2 rings (SSSR count). The minimum atomic E-state index is -1.35. The van der Waals surface area contributed by atoms with Crippen molar-refractivity contribution in [3.05, 3.63) is 23.8 Å². The van der Waals surface area contributed by atoms with Gasteiger partial charge in [0.2, 0.25) is 6.79 Å². The van der Waals surface area contributed by atoms with Crippen molar-refractivity contribution in [1.82, 2.24) is 5.32 Å². The number of aromatic hydroxyl groups is 1. The second kappa shape index (κ2) is 12.3. The summed E-state index contributed by atoms with van der Waals surface area (Å²) in [6.07, 6.45) is -5.52. The maximum absolute atomic E-state index is 11.8. The van der Waals surface area contributed by atoms with E-state index < -0.39 is 55.3 Å². The fraction of sp³-hybridized carbons (Fsp3) is 0.550. The summed E-state index contributed by atoms with van der Waals surface area (Å²) in [6.45, 7) is -0.906. The second-order valence-electron chi connectivity index (χ2n) is 7.21. The van der Waals surface area contributed by atoms with Crippen molar-refractivity contribution >= 4 is 23.6 Å². The van der Waals surface area contributed by atoms with Gasteiger partial charge in [-0.3, -0.25) is 9.59 Å². The van der Waals surface area contributed by atoms with Gasteiger partial charge in [-0.15, -0.1) is 0 Å². The van der Waals surface area contributed by atoms with Crippen LogP contribution in [0.2, 0.25) is 0 Å². The number of nitrogen functional groups attached to an aromatic ring is 1. The Morgan fingerprint density at radius 2 is 1.73 bits per heavy atom. The van der Waals surface area contributed by atoms with E-state index in [1.165, 1.54) is 25.2 Å². The van der Waals surface area contributed by atoms with E-state index in [9.17, 15) is 34.8 Å². The lowest BCUT2D eigenvalue weighted by molar-refractivity contribution is -0.249. The lowest BCUT2D eigenvalue weighted by Crippen LogP contribution is -2.61. The van der Waals surface area contributed by atoms with Gasteiger partial charge in [-0.25, -0.2) is 4.79 Å². The van der Waals surface area contributed by atoms with Crippen LogP contribution >= 0.6 is 0 Å². The van der Waals surface area contributed by atoms with Crippen molar-refractivity contribution in [2.75, 3.05) is 26.2 Å². The molecule has 5 atom stereocenters. The molecule has 1 aliphatic heterocycles. The minimum absolute atomic E-state index is 0.00864. The number of phenols is 1. The number of esters is 3. The number of ether oxygens (including phenoxy) is 4. The Balaban J connectivity index is 1.63. The molecular formula is C20H28N2O11. The van der Waals surface area contributed by atoms with Crippen LogP contribution in [0, 0.1) is 0 Å². The molecule has 1 heterocycles. The van der Waals surface area contributed by atoms with E-state index in [-0.39, 0.29) is 42.9 Å². The number of nitrogens with one attached hydrogen (secondary N) is 1. The van der Waals surface area contributed by atoms with Gasteiger partial charge in [0.05, 0.1) is 31.6 Å². The number of likely N-dealkylation sites (N-methyl/N-ethyl adjacent to an activating group) is 1. The Labute approximate surface area is 189 Å². The third-order valence-corrected chi connectivity index (χ3v) is 4.90. The molecule has 0 aromatic heterocycles. The third kappa shape index (κ3) is 7.54. The van der Waals surface area contributed by atoms with E-state index in [1.54, 1.807) is 0 Å². The highest BCUT2D eigenvalue weighted by molar-refractivity contribution is 5.93. The number of anilines is 1. The number of rotatable bonds is 10. The maximum Gasteiger partial charge on any atom is 0.344 e. The monoisotopic (exact) mass is 472 g/mol. The molecule has 0 aliphatic carbocycles. The van der Waals surface area contributed by atoms with Crippen LogP contribution in [0.1, 0.15) is 29.6 Å². The average Bonchev–Trinajstić information content (AvgIpc) is 2.77. The summed E-state index contributed by atoms with van der Waals surface area (Å²) in [6, 6.07) is 2.95. The molecule has 2 unspecified atom stereocenters. The zero-order valence-electron chi connectivity index (χ0n) is 17.9. The SMILES string of the molecule is CNC1[C@H](O)OC(CCOC(=O)CCC(=O)OCOC(=O)c2cc(N)ccc2O)[C@H](O)[C@@H]1O. The number of aliphatic hydroxyl groups excluding tert-OH is 3. The number of hydrogen-bond acceptors (Lipinski definition) is 13. The Kier molecular flexibility index (Phi) is 9.81. The van der Waals surface area contributed by atoms with Crippen molar-refractivity contribution in [3.63, 3.8) is 0 Å². The molecule has 1 aliphatic rings. The highest BCUT2D eigenvalue weighted by Gasteiger charge is 2.42. The molecule has 13 heteroatoms. The quantitative estimate of drug-likeness (QED) is 0.0980. The van der Waals surface area contributed by atoms with Gasteiger partial charge in [-0.2, -0.15) is 0 Å². The standard InChI is InChI=1S/C20H28N2O11/c1-22-16-18(27)17(26)13(33-20(16)29)6-7-30-14(24)4-5-15(25)31-9-32-19(28)11-8-10(21)2-3-12(11)23/h2-3,8,13,16-18,20,22-23,26-27,29H,4-7,9,21H2,1H3/t13?,16?,17-,18+,20+/m0/s1. The maximum atomic E-state index is 11.8. The molecule has 0 amide bonds. The van der Waals surface area contributed by atoms with Crippen LogP contribution in [0.4, 0.5) is 5.69 Å². The predicted molar refractivity (Wildman–Crippen MR) is 109 cm³/mol. The number of carbonyl (C=O) groups is 3. The Bertz CT molecular complexity index is 834. The van der Waals surface area contributed by atoms with E-state index in [0.29, 0.717) is 0 Å². The number of nitrogens with two attached hydrogens (primary N) is 1. The van der Waals surface area contributed by atoms with Gasteiger partial charge in [0.1, 0.15) is 23.5 Å². The summed E-state index contributed by atoms with van der Waals surface area (Å²) in [5.41, 5.74) is 5.56. The topological polar surface area (TPSA) is 207 Å². The van der Waals surface area contributed by atoms with Crippen molar-refractivity contribution in [3.8, 4) is 5.75 Å². The first kappa shape index (κ1) is 26.3. The number of aliphatic hydroxyl groups is 3. The van der Waals surface area contributed by atoms with Crippen molar-refractivity contribution in [2.24, 2.45) is 0 Å². The first-order valence-electron chi connectivity index (χ1n) is 10.1. The Morgan fingerprint density at radius 3 is 2.39 bits per heavy atom. The van der Waals surface area contributed by atoms with Gasteiger partial charge >= 0.3 is 17.9 Å². The van der Waals surface area contributed by atoms with Crippen molar-refractivity contribution in [2.45, 2.75) is 49.9 Å². The molecule has 0 bridgehead atoms. The second-order valence-corrected chi connectivity index (χ2v) is 7.21. The van der Waals surface area contributed by atoms with Crippen LogP contribution in [-0.4, -0.2) is 89.4 Å². The summed E-state index contributed by atoms with van der Waals surface area (Å²) in [5.74, 6) is -2.85. The summed E-state index contributed by atoms with van der Waals surface area (Å²) < 4.78 is 19.6. The lowest BCUT2D eigenvalue weighted by atomic mass is 9.95. The fourth-order valence-corrected chi connectivity index (χ4v) is 3.08. The van der Waals surface area contributed by atoms with Crippen LogP contribution in [0.15, 0.2) is 18.2 Å². The number of carbonyl (C=O) groups excluding carboxylic acids is 3.